The van der Waals surface area contributed by atoms with Gasteiger partial charge in [-0.1, -0.05) is 41.9 Å². The fourth-order valence-electron chi connectivity index (χ4n) is 3.16. The Bertz CT molecular complexity index is 667. The van der Waals surface area contributed by atoms with E-state index in [0.717, 1.165) is 50.1 Å². The monoisotopic (exact) mass is 327 g/mol. The van der Waals surface area contributed by atoms with Gasteiger partial charge in [-0.2, -0.15) is 0 Å². The molecule has 0 bridgehead atoms. The van der Waals surface area contributed by atoms with Gasteiger partial charge in [0.1, 0.15) is 5.76 Å². The number of rotatable bonds is 6. The summed E-state index contributed by atoms with van der Waals surface area (Å²) in [5, 5.41) is 6.97. The van der Waals surface area contributed by atoms with E-state index in [1.54, 1.807) is 0 Å². The van der Waals surface area contributed by atoms with E-state index in [9.17, 15) is 4.79 Å². The Morgan fingerprint density at radius 2 is 2.00 bits per heavy atom. The number of nitrogens with one attached hydrogen (secondary N) is 1. The SMILES string of the molecule is CN(CCNC(=O)c1noc2c1CCCCC2)Cc1ccccc1. The number of amides is 1. The molecule has 1 aromatic heterocycles. The van der Waals surface area contributed by atoms with Gasteiger partial charge in [-0.15, -0.1) is 0 Å². The minimum atomic E-state index is -0.116. The molecule has 0 unspecified atom stereocenters. The molecule has 0 atom stereocenters. The third-order valence-electron chi connectivity index (χ3n) is 4.49. The van der Waals surface area contributed by atoms with Crippen molar-refractivity contribution in [3.63, 3.8) is 0 Å². The lowest BCUT2D eigenvalue weighted by Gasteiger charge is -2.16. The van der Waals surface area contributed by atoms with E-state index in [2.05, 4.69) is 34.6 Å². The highest BCUT2D eigenvalue weighted by atomic mass is 16.5. The summed E-state index contributed by atoms with van der Waals surface area (Å²) < 4.78 is 5.37. The first-order valence-electron chi connectivity index (χ1n) is 8.72. The molecule has 1 aromatic carbocycles. The number of benzene rings is 1. The maximum absolute atomic E-state index is 12.4. The number of carbonyl (C=O) groups is 1. The Labute approximate surface area is 143 Å². The molecule has 0 saturated carbocycles. The molecule has 0 fully saturated rings. The standard InChI is InChI=1S/C19H25N3O2/c1-22(14-15-8-4-2-5-9-15)13-12-20-19(23)18-16-10-6-3-7-11-17(16)24-21-18/h2,4-5,8-9H,3,6-7,10-14H2,1H3,(H,20,23). The number of nitrogens with zero attached hydrogens (tertiary/aromatic N) is 2. The summed E-state index contributed by atoms with van der Waals surface area (Å²) in [7, 11) is 2.06. The Kier molecular flexibility index (Phi) is 5.64. The Balaban J connectivity index is 1.48. The molecule has 0 aliphatic heterocycles. The lowest BCUT2D eigenvalue weighted by molar-refractivity contribution is 0.0939. The van der Waals surface area contributed by atoms with E-state index in [0.29, 0.717) is 12.2 Å². The van der Waals surface area contributed by atoms with Gasteiger partial charge in [-0.05, 0) is 31.9 Å². The first-order valence-corrected chi connectivity index (χ1v) is 8.72. The van der Waals surface area contributed by atoms with Crippen LogP contribution in [0.5, 0.6) is 0 Å². The summed E-state index contributed by atoms with van der Waals surface area (Å²) in [6.07, 6.45) is 5.21. The largest absolute Gasteiger partial charge is 0.360 e. The predicted molar refractivity (Wildman–Crippen MR) is 92.9 cm³/mol. The molecule has 1 heterocycles. The van der Waals surface area contributed by atoms with Crippen LogP contribution in [0.15, 0.2) is 34.9 Å². The van der Waals surface area contributed by atoms with Crippen LogP contribution >= 0.6 is 0 Å². The second kappa shape index (κ2) is 8.11. The van der Waals surface area contributed by atoms with Crippen LogP contribution in [0.3, 0.4) is 0 Å². The molecule has 1 amide bonds. The van der Waals surface area contributed by atoms with Crippen molar-refractivity contribution in [2.75, 3.05) is 20.1 Å². The van der Waals surface area contributed by atoms with Crippen LogP contribution in [0.25, 0.3) is 0 Å². The molecule has 1 aliphatic rings. The van der Waals surface area contributed by atoms with Crippen LogP contribution in [0.4, 0.5) is 0 Å². The number of carbonyl (C=O) groups excluding carboxylic acids is 1. The summed E-state index contributed by atoms with van der Waals surface area (Å²) in [6, 6.07) is 10.3. The first-order chi connectivity index (χ1) is 11.7. The minimum Gasteiger partial charge on any atom is -0.360 e. The Morgan fingerprint density at radius 1 is 1.21 bits per heavy atom. The third-order valence-corrected chi connectivity index (χ3v) is 4.49. The zero-order chi connectivity index (χ0) is 16.8. The molecular weight excluding hydrogens is 302 g/mol. The Morgan fingerprint density at radius 3 is 2.83 bits per heavy atom. The van der Waals surface area contributed by atoms with Crippen molar-refractivity contribution in [3.05, 3.63) is 52.9 Å². The second-order valence-electron chi connectivity index (χ2n) is 6.47. The normalized spacial score (nSPS) is 14.2. The maximum atomic E-state index is 12.4. The summed E-state index contributed by atoms with van der Waals surface area (Å²) in [4.78, 5) is 14.6. The molecule has 1 N–H and O–H groups in total. The van der Waals surface area contributed by atoms with Crippen molar-refractivity contribution in [2.24, 2.45) is 0 Å². The van der Waals surface area contributed by atoms with E-state index in [1.807, 2.05) is 18.2 Å². The summed E-state index contributed by atoms with van der Waals surface area (Å²) >= 11 is 0. The lowest BCUT2D eigenvalue weighted by Crippen LogP contribution is -2.33. The molecule has 5 heteroatoms. The van der Waals surface area contributed by atoms with Crippen LogP contribution in [-0.2, 0) is 19.4 Å². The number of hydrogen-bond donors (Lipinski definition) is 1. The van der Waals surface area contributed by atoms with Crippen LogP contribution in [0.2, 0.25) is 0 Å². The second-order valence-corrected chi connectivity index (χ2v) is 6.47. The zero-order valence-electron chi connectivity index (χ0n) is 14.3. The van der Waals surface area contributed by atoms with Crippen LogP contribution in [-0.4, -0.2) is 36.1 Å². The quantitative estimate of drug-likeness (QED) is 0.829. The molecule has 1 aliphatic carbocycles. The van der Waals surface area contributed by atoms with Gasteiger partial charge in [-0.3, -0.25) is 4.79 Å². The number of aromatic nitrogens is 1. The molecule has 0 spiro atoms. The number of hydrogen-bond acceptors (Lipinski definition) is 4. The highest BCUT2D eigenvalue weighted by Crippen LogP contribution is 2.23. The number of likely N-dealkylation sites (N-methyl/N-ethyl adjacent to an activating group) is 1. The van der Waals surface area contributed by atoms with Gasteiger partial charge in [-0.25, -0.2) is 0 Å². The van der Waals surface area contributed by atoms with Crippen molar-refractivity contribution in [2.45, 2.75) is 38.6 Å². The van der Waals surface area contributed by atoms with E-state index in [-0.39, 0.29) is 5.91 Å². The molecule has 3 rings (SSSR count). The lowest BCUT2D eigenvalue weighted by atomic mass is 10.1. The van der Waals surface area contributed by atoms with Gasteiger partial charge in [0.15, 0.2) is 5.69 Å². The summed E-state index contributed by atoms with van der Waals surface area (Å²) in [5.74, 6) is 0.786. The zero-order valence-corrected chi connectivity index (χ0v) is 14.3. The number of fused-ring (bicyclic) bond motifs is 1. The number of aryl methyl sites for hydroxylation is 1. The highest BCUT2D eigenvalue weighted by Gasteiger charge is 2.22. The van der Waals surface area contributed by atoms with Crippen LogP contribution in [0.1, 0.15) is 46.6 Å². The molecule has 128 valence electrons. The van der Waals surface area contributed by atoms with Crippen molar-refractivity contribution in [3.8, 4) is 0 Å². The molecule has 0 saturated heterocycles. The summed E-state index contributed by atoms with van der Waals surface area (Å²) in [6.45, 7) is 2.26. The topological polar surface area (TPSA) is 58.4 Å². The molecular formula is C19H25N3O2. The van der Waals surface area contributed by atoms with Crippen molar-refractivity contribution >= 4 is 5.91 Å². The fraction of sp³-hybridized carbons (Fsp3) is 0.474. The van der Waals surface area contributed by atoms with Gasteiger partial charge in [0.25, 0.3) is 5.91 Å². The van der Waals surface area contributed by atoms with Crippen molar-refractivity contribution in [1.29, 1.82) is 0 Å². The highest BCUT2D eigenvalue weighted by molar-refractivity contribution is 5.93. The average Bonchev–Trinajstić information content (AvgIpc) is 2.84. The van der Waals surface area contributed by atoms with Gasteiger partial charge in [0.2, 0.25) is 0 Å². The van der Waals surface area contributed by atoms with Crippen LogP contribution < -0.4 is 5.32 Å². The fourth-order valence-corrected chi connectivity index (χ4v) is 3.16. The van der Waals surface area contributed by atoms with E-state index >= 15 is 0 Å². The average molecular weight is 327 g/mol. The van der Waals surface area contributed by atoms with Crippen LogP contribution in [0, 0.1) is 0 Å². The summed E-state index contributed by atoms with van der Waals surface area (Å²) in [5.41, 5.74) is 2.77. The Hall–Kier alpha value is -2.14. The van der Waals surface area contributed by atoms with Crippen molar-refractivity contribution < 1.29 is 9.32 Å². The van der Waals surface area contributed by atoms with E-state index in [1.165, 1.54) is 12.0 Å². The van der Waals surface area contributed by atoms with Crippen molar-refractivity contribution in [1.82, 2.24) is 15.4 Å². The molecule has 2 aromatic rings. The first kappa shape index (κ1) is 16.7. The maximum Gasteiger partial charge on any atom is 0.273 e. The van der Waals surface area contributed by atoms with E-state index < -0.39 is 0 Å². The smallest absolute Gasteiger partial charge is 0.273 e. The minimum absolute atomic E-state index is 0.116. The van der Waals surface area contributed by atoms with Gasteiger partial charge >= 0.3 is 0 Å². The predicted octanol–water partition coefficient (Wildman–Crippen LogP) is 2.81. The van der Waals surface area contributed by atoms with Gasteiger partial charge in [0, 0.05) is 31.6 Å². The molecule has 5 nitrogen and oxygen atoms in total. The van der Waals surface area contributed by atoms with Gasteiger partial charge in [0.05, 0.1) is 0 Å². The molecule has 24 heavy (non-hydrogen) atoms. The third kappa shape index (κ3) is 4.23. The van der Waals surface area contributed by atoms with Gasteiger partial charge < -0.3 is 14.7 Å². The van der Waals surface area contributed by atoms with E-state index in [4.69, 9.17) is 4.52 Å². The molecule has 0 radical (unpaired) electrons.